The number of fused-ring (bicyclic) bond motifs is 6. The minimum atomic E-state index is -0.535. The van der Waals surface area contributed by atoms with Gasteiger partial charge in [0.05, 0.1) is 25.3 Å². The van der Waals surface area contributed by atoms with Crippen molar-refractivity contribution in [2.24, 2.45) is 11.5 Å². The van der Waals surface area contributed by atoms with E-state index in [9.17, 15) is 19.2 Å². The summed E-state index contributed by atoms with van der Waals surface area (Å²) in [6, 6.07) is 10.2. The van der Waals surface area contributed by atoms with Gasteiger partial charge in [-0.1, -0.05) is 23.8 Å². The number of nitrogens with two attached hydrogens (primary N) is 2. The monoisotopic (exact) mass is 646 g/mol. The zero-order valence-corrected chi connectivity index (χ0v) is 27.3. The molecule has 2 aliphatic carbocycles. The Balaban J connectivity index is 0.000000179. The molecule has 2 aliphatic rings. The van der Waals surface area contributed by atoms with Crippen molar-refractivity contribution in [3.8, 4) is 32.4 Å². The molecule has 6 N–H and O–H groups in total. The normalized spacial score (nSPS) is 12.3. The molecule has 0 unspecified atom stereocenters. The first-order chi connectivity index (χ1) is 21.4. The van der Waals surface area contributed by atoms with Crippen LogP contribution in [0.4, 0.5) is 10.0 Å². The third kappa shape index (κ3) is 6.16. The molecule has 6 rings (SSSR count). The Morgan fingerprint density at radius 3 is 1.82 bits per heavy atom. The van der Waals surface area contributed by atoms with Crippen LogP contribution in [0, 0.1) is 6.92 Å². The third-order valence-corrected chi connectivity index (χ3v) is 10.1. The third-order valence-electron chi connectivity index (χ3n) is 7.72. The summed E-state index contributed by atoms with van der Waals surface area (Å²) >= 11 is 2.79. The van der Waals surface area contributed by atoms with E-state index in [-0.39, 0.29) is 11.8 Å². The Morgan fingerprint density at radius 2 is 1.29 bits per heavy atom. The molecule has 0 saturated heterocycles. The average molecular weight is 647 g/mol. The Labute approximate surface area is 268 Å². The second-order valence-corrected chi connectivity index (χ2v) is 12.9. The van der Waals surface area contributed by atoms with Gasteiger partial charge in [-0.3, -0.25) is 19.2 Å². The topological polar surface area (TPSA) is 163 Å². The van der Waals surface area contributed by atoms with E-state index in [4.69, 9.17) is 20.9 Å². The molecule has 0 bridgehead atoms. The summed E-state index contributed by atoms with van der Waals surface area (Å²) in [6.07, 6.45) is 3.08. The van der Waals surface area contributed by atoms with Gasteiger partial charge in [-0.25, -0.2) is 0 Å². The van der Waals surface area contributed by atoms with Crippen LogP contribution in [-0.4, -0.2) is 37.8 Å². The summed E-state index contributed by atoms with van der Waals surface area (Å²) in [7, 11) is 3.21. The van der Waals surface area contributed by atoms with E-state index in [1.807, 2.05) is 19.1 Å². The van der Waals surface area contributed by atoms with Crippen LogP contribution in [0.1, 0.15) is 62.4 Å². The van der Waals surface area contributed by atoms with E-state index in [2.05, 4.69) is 28.8 Å². The molecular formula is C33H34N4O6S2. The van der Waals surface area contributed by atoms with Gasteiger partial charge in [-0.2, -0.15) is 0 Å². The fourth-order valence-electron chi connectivity index (χ4n) is 5.86. The minimum Gasteiger partial charge on any atom is -0.497 e. The summed E-state index contributed by atoms with van der Waals surface area (Å²) in [6.45, 7) is 4.89. The molecule has 0 spiro atoms. The highest BCUT2D eigenvalue weighted by atomic mass is 32.1. The highest BCUT2D eigenvalue weighted by molar-refractivity contribution is 7.20. The Kier molecular flexibility index (Phi) is 8.98. The van der Waals surface area contributed by atoms with E-state index >= 15 is 0 Å². The van der Waals surface area contributed by atoms with Crippen LogP contribution in [0.2, 0.25) is 0 Å². The molecular weight excluding hydrogens is 613 g/mol. The highest BCUT2D eigenvalue weighted by Gasteiger charge is 2.30. The number of hydrogen-bond donors (Lipinski definition) is 4. The van der Waals surface area contributed by atoms with Crippen LogP contribution in [0.25, 0.3) is 20.9 Å². The lowest BCUT2D eigenvalue weighted by molar-refractivity contribution is -0.115. The molecule has 0 atom stereocenters. The van der Waals surface area contributed by atoms with Crippen molar-refractivity contribution >= 4 is 56.3 Å². The maximum Gasteiger partial charge on any atom is 0.252 e. The van der Waals surface area contributed by atoms with Gasteiger partial charge in [0, 0.05) is 35.2 Å². The van der Waals surface area contributed by atoms with Crippen molar-refractivity contribution in [2.75, 3.05) is 24.9 Å². The van der Waals surface area contributed by atoms with Crippen molar-refractivity contribution in [3.63, 3.8) is 0 Å². The number of ether oxygens (including phenoxy) is 2. The molecule has 2 aromatic carbocycles. The number of thiophene rings is 2. The molecule has 0 fully saturated rings. The van der Waals surface area contributed by atoms with E-state index in [0.29, 0.717) is 33.3 Å². The zero-order valence-electron chi connectivity index (χ0n) is 25.6. The lowest BCUT2D eigenvalue weighted by Crippen LogP contribution is -2.17. The van der Waals surface area contributed by atoms with Gasteiger partial charge in [0.2, 0.25) is 11.8 Å². The molecule has 234 valence electrons. The molecule has 10 nitrogen and oxygen atoms in total. The van der Waals surface area contributed by atoms with Crippen molar-refractivity contribution in [3.05, 3.63) is 69.3 Å². The maximum absolute atomic E-state index is 11.9. The lowest BCUT2D eigenvalue weighted by atomic mass is 9.88. The second-order valence-electron chi connectivity index (χ2n) is 10.8. The fraction of sp³-hybridized carbons (Fsp3) is 0.273. The molecule has 0 saturated carbocycles. The number of hydrogen-bond acceptors (Lipinski definition) is 8. The van der Waals surface area contributed by atoms with E-state index in [0.717, 1.165) is 62.6 Å². The maximum atomic E-state index is 11.9. The molecule has 2 heterocycles. The van der Waals surface area contributed by atoms with Gasteiger partial charge in [-0.15, -0.1) is 22.7 Å². The summed E-state index contributed by atoms with van der Waals surface area (Å²) < 4.78 is 10.8. The number of benzene rings is 2. The average Bonchev–Trinajstić information content (AvgIpc) is 3.54. The number of amides is 4. The predicted octanol–water partition coefficient (Wildman–Crippen LogP) is 5.47. The quantitative estimate of drug-likeness (QED) is 0.217. The SMILES string of the molecule is CC(=O)Nc1sc2c(c1C(N)=O)CCc1ccc(C)cc1-2.COc1cc2c(c(OC)c1)-c1sc(NC(C)=O)c(C(N)=O)c1CC2. The number of aryl methyl sites for hydroxylation is 3. The first kappa shape index (κ1) is 31.7. The minimum absolute atomic E-state index is 0.194. The molecule has 0 radical (unpaired) electrons. The Hall–Kier alpha value is -4.68. The van der Waals surface area contributed by atoms with Crippen LogP contribution in [0.15, 0.2) is 30.3 Å². The summed E-state index contributed by atoms with van der Waals surface area (Å²) in [5, 5.41) is 6.51. The Bertz CT molecular complexity index is 1860. The van der Waals surface area contributed by atoms with Crippen LogP contribution in [0.3, 0.4) is 0 Å². The number of methoxy groups -OCH3 is 2. The van der Waals surface area contributed by atoms with Crippen LogP contribution >= 0.6 is 22.7 Å². The molecule has 4 aromatic rings. The first-order valence-corrected chi connectivity index (χ1v) is 15.9. The molecule has 4 amide bonds. The lowest BCUT2D eigenvalue weighted by Gasteiger charge is -2.20. The number of nitrogens with one attached hydrogen (secondary N) is 2. The number of primary amides is 2. The van der Waals surface area contributed by atoms with Gasteiger partial charge >= 0.3 is 0 Å². The zero-order chi connectivity index (χ0) is 32.6. The summed E-state index contributed by atoms with van der Waals surface area (Å²) in [4.78, 5) is 48.5. The van der Waals surface area contributed by atoms with Gasteiger partial charge in [0.1, 0.15) is 21.5 Å². The van der Waals surface area contributed by atoms with Crippen molar-refractivity contribution < 1.29 is 28.7 Å². The number of carbonyl (C=O) groups excluding carboxylic acids is 4. The highest BCUT2D eigenvalue weighted by Crippen LogP contribution is 2.50. The van der Waals surface area contributed by atoms with E-state index < -0.39 is 11.8 Å². The van der Waals surface area contributed by atoms with Gasteiger partial charge < -0.3 is 31.6 Å². The van der Waals surface area contributed by atoms with Crippen molar-refractivity contribution in [1.82, 2.24) is 0 Å². The molecule has 0 aliphatic heterocycles. The summed E-state index contributed by atoms with van der Waals surface area (Å²) in [5.74, 6) is -0.0436. The summed E-state index contributed by atoms with van der Waals surface area (Å²) in [5.41, 5.74) is 19.4. The molecule has 2 aromatic heterocycles. The largest absolute Gasteiger partial charge is 0.497 e. The van der Waals surface area contributed by atoms with E-state index in [1.54, 1.807) is 14.2 Å². The van der Waals surface area contributed by atoms with Crippen LogP contribution < -0.4 is 31.6 Å². The predicted molar refractivity (Wildman–Crippen MR) is 178 cm³/mol. The smallest absolute Gasteiger partial charge is 0.252 e. The van der Waals surface area contributed by atoms with Gasteiger partial charge in [0.15, 0.2) is 0 Å². The number of anilines is 2. The van der Waals surface area contributed by atoms with Crippen molar-refractivity contribution in [2.45, 2.75) is 46.5 Å². The second kappa shape index (κ2) is 12.7. The van der Waals surface area contributed by atoms with E-state index in [1.165, 1.54) is 47.6 Å². The number of carbonyl (C=O) groups is 4. The molecule has 45 heavy (non-hydrogen) atoms. The molecule has 12 heteroatoms. The fourth-order valence-corrected chi connectivity index (χ4v) is 8.60. The standard InChI is InChI=1S/C17H18N2O4S.C16H16N2O2S/c1-8(20)19-17-14(16(18)21)11-5-4-9-6-10(22-2)7-12(23-3)13(9)15(11)24-17;1-8-3-4-10-5-6-11-13(15(17)20)16(18-9(2)19)21-14(11)12(10)7-8/h6-7H,4-5H2,1-3H3,(H2,18,21)(H,19,20);3-4,7H,5-6H2,1-2H3,(H2,17,20)(H,18,19). The van der Waals surface area contributed by atoms with Crippen molar-refractivity contribution in [1.29, 1.82) is 0 Å². The first-order valence-electron chi connectivity index (χ1n) is 14.2. The Morgan fingerprint density at radius 1 is 0.733 bits per heavy atom. The van der Waals surface area contributed by atoms with Crippen LogP contribution in [-0.2, 0) is 35.3 Å². The van der Waals surface area contributed by atoms with Gasteiger partial charge in [-0.05, 0) is 66.5 Å². The number of rotatable bonds is 6. The van der Waals surface area contributed by atoms with Crippen LogP contribution in [0.5, 0.6) is 11.5 Å². The van der Waals surface area contributed by atoms with Gasteiger partial charge in [0.25, 0.3) is 11.8 Å².